The average Bonchev–Trinajstić information content (AvgIpc) is 2.88. The Bertz CT molecular complexity index is 1530. The van der Waals surface area contributed by atoms with Crippen molar-refractivity contribution in [2.24, 2.45) is 0 Å². The van der Waals surface area contributed by atoms with Crippen molar-refractivity contribution < 1.29 is 31.5 Å². The number of nitrogens with zero attached hydrogens (tertiary/aromatic N) is 3. The van der Waals surface area contributed by atoms with E-state index < -0.39 is 38.6 Å². The first-order chi connectivity index (χ1) is 17.5. The molecule has 0 fully saturated rings. The predicted molar refractivity (Wildman–Crippen MR) is 131 cm³/mol. The maximum Gasteiger partial charge on any atom is 0.417 e. The van der Waals surface area contributed by atoms with Gasteiger partial charge in [-0.2, -0.15) is 13.2 Å². The number of anilines is 1. The Kier molecular flexibility index (Phi) is 7.19. The fourth-order valence-electron chi connectivity index (χ4n) is 3.45. The second kappa shape index (κ2) is 10.2. The van der Waals surface area contributed by atoms with Gasteiger partial charge in [-0.15, -0.1) is 0 Å². The van der Waals surface area contributed by atoms with Gasteiger partial charge in [-0.05, 0) is 59.2 Å². The highest BCUT2D eigenvalue weighted by molar-refractivity contribution is 7.92. The minimum Gasteiger partial charge on any atom is -0.478 e. The summed E-state index contributed by atoms with van der Waals surface area (Å²) < 4.78 is 67.4. The molecule has 4 aromatic rings. The topological polar surface area (TPSA) is 100 Å². The van der Waals surface area contributed by atoms with Crippen LogP contribution in [0.1, 0.15) is 21.5 Å². The number of aromatic carboxylic acids is 1. The Morgan fingerprint density at radius 3 is 2.08 bits per heavy atom. The minimum atomic E-state index is -4.73. The van der Waals surface area contributed by atoms with Crippen molar-refractivity contribution in [2.45, 2.75) is 17.6 Å². The Morgan fingerprint density at radius 1 is 0.946 bits per heavy atom. The molecule has 0 aliphatic carbocycles. The number of hydrogen-bond acceptors (Lipinski definition) is 5. The van der Waals surface area contributed by atoms with E-state index in [2.05, 4.69) is 9.97 Å². The zero-order valence-electron chi connectivity index (χ0n) is 18.7. The molecular formula is C25H17ClF3N3O4S. The molecule has 7 nitrogen and oxygen atoms in total. The Labute approximate surface area is 214 Å². The smallest absolute Gasteiger partial charge is 0.417 e. The van der Waals surface area contributed by atoms with Crippen molar-refractivity contribution in [1.82, 2.24) is 9.97 Å². The molecule has 1 N–H and O–H groups in total. The number of carboxylic acids is 1. The summed E-state index contributed by atoms with van der Waals surface area (Å²) in [6, 6.07) is 15.5. The number of halogens is 4. The Morgan fingerprint density at radius 2 is 1.54 bits per heavy atom. The van der Waals surface area contributed by atoms with Gasteiger partial charge in [0.15, 0.2) is 5.82 Å². The molecule has 0 aliphatic rings. The summed E-state index contributed by atoms with van der Waals surface area (Å²) in [6.45, 7) is -0.308. The quantitative estimate of drug-likeness (QED) is 0.309. The average molecular weight is 548 g/mol. The first-order valence-electron chi connectivity index (χ1n) is 10.5. The lowest BCUT2D eigenvalue weighted by Crippen LogP contribution is -2.32. The molecule has 0 atom stereocenters. The summed E-state index contributed by atoms with van der Waals surface area (Å²) >= 11 is 6.11. The number of sulfonamides is 1. The van der Waals surface area contributed by atoms with Gasteiger partial charge in [0.05, 0.1) is 27.6 Å². The maximum absolute atomic E-state index is 13.6. The Balaban J connectivity index is 1.76. The van der Waals surface area contributed by atoms with E-state index in [1.54, 1.807) is 48.8 Å². The number of pyridine rings is 2. The molecular weight excluding hydrogens is 531 g/mol. The van der Waals surface area contributed by atoms with E-state index in [0.717, 1.165) is 39.7 Å². The Hall–Kier alpha value is -3.96. The monoisotopic (exact) mass is 547 g/mol. The highest BCUT2D eigenvalue weighted by Gasteiger charge is 2.34. The molecule has 0 saturated carbocycles. The summed E-state index contributed by atoms with van der Waals surface area (Å²) in [5.41, 5.74) is 0.961. The van der Waals surface area contributed by atoms with Gasteiger partial charge in [0.2, 0.25) is 0 Å². The van der Waals surface area contributed by atoms with Gasteiger partial charge in [0.25, 0.3) is 10.0 Å². The number of hydrogen-bond donors (Lipinski definition) is 1. The molecule has 2 heterocycles. The molecule has 0 unspecified atom stereocenters. The van der Waals surface area contributed by atoms with Gasteiger partial charge in [0, 0.05) is 18.6 Å². The van der Waals surface area contributed by atoms with Crippen LogP contribution in [0, 0.1) is 0 Å². The predicted octanol–water partition coefficient (Wildman–Crippen LogP) is 5.91. The van der Waals surface area contributed by atoms with Crippen LogP contribution in [-0.4, -0.2) is 29.5 Å². The van der Waals surface area contributed by atoms with Crippen molar-refractivity contribution in [3.63, 3.8) is 0 Å². The number of benzene rings is 2. The van der Waals surface area contributed by atoms with Crippen molar-refractivity contribution in [2.75, 3.05) is 4.31 Å². The summed E-state index contributed by atoms with van der Waals surface area (Å²) in [5, 5.41) is 8.59. The van der Waals surface area contributed by atoms with E-state index in [9.17, 15) is 26.4 Å². The lowest BCUT2D eigenvalue weighted by Gasteiger charge is -2.25. The summed E-state index contributed by atoms with van der Waals surface area (Å²) in [5.74, 6) is -1.65. The first kappa shape index (κ1) is 26.1. The second-order valence-corrected chi connectivity index (χ2v) is 10.1. The number of rotatable bonds is 7. The third-order valence-electron chi connectivity index (χ3n) is 5.37. The molecule has 0 radical (unpaired) electrons. The minimum absolute atomic E-state index is 0.136. The number of aromatic nitrogens is 2. The first-order valence-corrected chi connectivity index (χ1v) is 12.4. The molecule has 0 amide bonds. The zero-order valence-corrected chi connectivity index (χ0v) is 20.3. The molecule has 190 valence electrons. The summed E-state index contributed by atoms with van der Waals surface area (Å²) in [6.07, 6.45) is -0.963. The molecule has 2 aromatic carbocycles. The van der Waals surface area contributed by atoms with Crippen LogP contribution in [-0.2, 0) is 22.7 Å². The van der Waals surface area contributed by atoms with E-state index in [4.69, 9.17) is 16.7 Å². The van der Waals surface area contributed by atoms with E-state index in [0.29, 0.717) is 17.8 Å². The van der Waals surface area contributed by atoms with Crippen LogP contribution in [0.3, 0.4) is 0 Å². The summed E-state index contributed by atoms with van der Waals surface area (Å²) in [7, 11) is -4.42. The van der Waals surface area contributed by atoms with Crippen LogP contribution in [0.4, 0.5) is 19.0 Å². The fourth-order valence-corrected chi connectivity index (χ4v) is 5.20. The van der Waals surface area contributed by atoms with Crippen molar-refractivity contribution >= 4 is 33.4 Å². The van der Waals surface area contributed by atoms with Crippen LogP contribution < -0.4 is 4.31 Å². The third-order valence-corrected chi connectivity index (χ3v) is 7.40. The van der Waals surface area contributed by atoms with Crippen LogP contribution >= 0.6 is 11.6 Å². The highest BCUT2D eigenvalue weighted by Crippen LogP contribution is 2.36. The van der Waals surface area contributed by atoms with E-state index in [-0.39, 0.29) is 17.0 Å². The maximum atomic E-state index is 13.6. The molecule has 0 aliphatic heterocycles. The van der Waals surface area contributed by atoms with Crippen LogP contribution in [0.5, 0.6) is 0 Å². The normalized spacial score (nSPS) is 11.8. The highest BCUT2D eigenvalue weighted by atomic mass is 35.5. The zero-order chi connectivity index (χ0) is 26.8. The van der Waals surface area contributed by atoms with Gasteiger partial charge in [-0.1, -0.05) is 35.9 Å². The fraction of sp³-hybridized carbons (Fsp3) is 0.0800. The van der Waals surface area contributed by atoms with Gasteiger partial charge < -0.3 is 5.11 Å². The van der Waals surface area contributed by atoms with Gasteiger partial charge in [-0.3, -0.25) is 4.98 Å². The largest absolute Gasteiger partial charge is 0.478 e. The molecule has 0 spiro atoms. The summed E-state index contributed by atoms with van der Waals surface area (Å²) in [4.78, 5) is 18.6. The number of alkyl halides is 3. The molecule has 0 bridgehead atoms. The SMILES string of the molecule is O=C(O)c1ccc(S(=O)(=O)N(Cc2ccc(-c3ccncc3)cc2)c2ncc(C(F)(F)F)cc2Cl)cc1. The van der Waals surface area contributed by atoms with Crippen molar-refractivity contribution in [3.8, 4) is 11.1 Å². The molecule has 37 heavy (non-hydrogen) atoms. The van der Waals surface area contributed by atoms with Gasteiger partial charge in [0.1, 0.15) is 0 Å². The standard InChI is InChI=1S/C25H17ClF3N3O4S/c26-22-13-20(25(27,28)29)14-31-23(22)32(37(35,36)21-7-5-19(6-8-21)24(33)34)15-16-1-3-17(4-2-16)18-9-11-30-12-10-18/h1-14H,15H2,(H,33,34). The lowest BCUT2D eigenvalue weighted by atomic mass is 10.1. The van der Waals surface area contributed by atoms with Gasteiger partial charge in [-0.25, -0.2) is 22.5 Å². The lowest BCUT2D eigenvalue weighted by molar-refractivity contribution is -0.137. The van der Waals surface area contributed by atoms with Crippen molar-refractivity contribution in [3.05, 3.63) is 107 Å². The number of carboxylic acid groups (broad SMARTS) is 1. The molecule has 12 heteroatoms. The van der Waals surface area contributed by atoms with Crippen LogP contribution in [0.25, 0.3) is 11.1 Å². The number of carbonyl (C=O) groups is 1. The van der Waals surface area contributed by atoms with Crippen LogP contribution in [0.2, 0.25) is 5.02 Å². The molecule has 4 rings (SSSR count). The molecule has 0 saturated heterocycles. The van der Waals surface area contributed by atoms with E-state index >= 15 is 0 Å². The third kappa shape index (κ3) is 5.73. The van der Waals surface area contributed by atoms with E-state index in [1.165, 1.54) is 0 Å². The van der Waals surface area contributed by atoms with Crippen molar-refractivity contribution in [1.29, 1.82) is 0 Å². The van der Waals surface area contributed by atoms with E-state index in [1.807, 2.05) is 0 Å². The second-order valence-electron chi connectivity index (χ2n) is 7.80. The van der Waals surface area contributed by atoms with Gasteiger partial charge >= 0.3 is 12.1 Å². The molecule has 2 aromatic heterocycles. The van der Waals surface area contributed by atoms with Crippen LogP contribution in [0.15, 0.2) is 90.2 Å².